The molecule has 33 heavy (non-hydrogen) atoms. The maximum atomic E-state index is 13.6. The number of amides is 1. The van der Waals surface area contributed by atoms with Crippen LogP contribution in [-0.2, 0) is 9.59 Å². The zero-order chi connectivity index (χ0) is 23.9. The zero-order valence-electron chi connectivity index (χ0n) is 20.3. The van der Waals surface area contributed by atoms with Gasteiger partial charge in [-0.3, -0.25) is 14.5 Å². The van der Waals surface area contributed by atoms with Crippen molar-refractivity contribution in [3.8, 4) is 11.5 Å². The minimum Gasteiger partial charge on any atom is -0.497 e. The van der Waals surface area contributed by atoms with E-state index >= 15 is 0 Å². The van der Waals surface area contributed by atoms with Gasteiger partial charge in [-0.1, -0.05) is 26.0 Å². The highest BCUT2D eigenvalue weighted by Crippen LogP contribution is 2.49. The van der Waals surface area contributed by atoms with E-state index in [0.717, 1.165) is 22.5 Å². The van der Waals surface area contributed by atoms with Gasteiger partial charge in [-0.2, -0.15) is 0 Å². The SMILES string of the molecule is COc1ccc(N2C(=O)CC(c3ccc(N(C)C)cc3)C3=C2CC(C)(C)CC3=O)c(OC)c1. The molecule has 0 radical (unpaired) electrons. The lowest BCUT2D eigenvalue weighted by Crippen LogP contribution is -2.43. The summed E-state index contributed by atoms with van der Waals surface area (Å²) < 4.78 is 10.9. The van der Waals surface area contributed by atoms with Crippen molar-refractivity contribution in [1.82, 2.24) is 0 Å². The van der Waals surface area contributed by atoms with Gasteiger partial charge in [0.25, 0.3) is 0 Å². The quantitative estimate of drug-likeness (QED) is 0.649. The lowest BCUT2D eigenvalue weighted by Gasteiger charge is -2.43. The first-order valence-electron chi connectivity index (χ1n) is 11.2. The fourth-order valence-electron chi connectivity index (χ4n) is 4.95. The molecule has 1 aliphatic carbocycles. The second-order valence-electron chi connectivity index (χ2n) is 9.81. The molecule has 2 aromatic rings. The molecule has 4 rings (SSSR count). The van der Waals surface area contributed by atoms with Crippen LogP contribution in [0.2, 0.25) is 0 Å². The van der Waals surface area contributed by atoms with Crippen LogP contribution in [0.1, 0.15) is 44.6 Å². The lowest BCUT2D eigenvalue weighted by molar-refractivity contribution is -0.121. The van der Waals surface area contributed by atoms with E-state index in [1.165, 1.54) is 0 Å². The molecule has 1 amide bonds. The number of ether oxygens (including phenoxy) is 2. The van der Waals surface area contributed by atoms with Crippen LogP contribution in [0.15, 0.2) is 53.7 Å². The van der Waals surface area contributed by atoms with E-state index in [2.05, 4.69) is 13.8 Å². The molecule has 174 valence electrons. The number of carbonyl (C=O) groups is 2. The fourth-order valence-corrected chi connectivity index (χ4v) is 4.95. The molecule has 0 saturated carbocycles. The topological polar surface area (TPSA) is 59.1 Å². The standard InChI is InChI=1S/C27H32N2O4/c1-27(2)15-22-26(23(30)16-27)20(17-7-9-18(10-8-17)28(3)4)14-25(31)29(22)21-12-11-19(32-5)13-24(21)33-6/h7-13,20H,14-16H2,1-6H3. The molecule has 1 heterocycles. The molecule has 0 aromatic heterocycles. The van der Waals surface area contributed by atoms with Crippen LogP contribution in [0.4, 0.5) is 11.4 Å². The summed E-state index contributed by atoms with van der Waals surface area (Å²) in [7, 11) is 7.15. The van der Waals surface area contributed by atoms with Gasteiger partial charge < -0.3 is 14.4 Å². The van der Waals surface area contributed by atoms with E-state index in [1.54, 1.807) is 25.2 Å². The number of allylic oxidation sites excluding steroid dienone is 2. The van der Waals surface area contributed by atoms with Crippen LogP contribution in [0.3, 0.4) is 0 Å². The number of carbonyl (C=O) groups excluding carboxylic acids is 2. The number of anilines is 2. The molecule has 1 aliphatic heterocycles. The molecule has 1 unspecified atom stereocenters. The Morgan fingerprint density at radius 2 is 1.67 bits per heavy atom. The largest absolute Gasteiger partial charge is 0.497 e. The van der Waals surface area contributed by atoms with Crippen molar-refractivity contribution in [3.63, 3.8) is 0 Å². The van der Waals surface area contributed by atoms with E-state index in [-0.39, 0.29) is 29.4 Å². The van der Waals surface area contributed by atoms with E-state index in [9.17, 15) is 9.59 Å². The fraction of sp³-hybridized carbons (Fsp3) is 0.407. The van der Waals surface area contributed by atoms with Crippen molar-refractivity contribution < 1.29 is 19.1 Å². The van der Waals surface area contributed by atoms with Gasteiger partial charge in [0.15, 0.2) is 5.78 Å². The number of nitrogens with zero attached hydrogens (tertiary/aromatic N) is 2. The van der Waals surface area contributed by atoms with Crippen LogP contribution in [-0.4, -0.2) is 40.0 Å². The summed E-state index contributed by atoms with van der Waals surface area (Å²) in [5.74, 6) is 1.03. The Labute approximate surface area is 195 Å². The van der Waals surface area contributed by atoms with Crippen LogP contribution in [0, 0.1) is 5.41 Å². The first-order chi connectivity index (χ1) is 15.6. The van der Waals surface area contributed by atoms with E-state index in [1.807, 2.05) is 55.4 Å². The Balaban J connectivity index is 1.87. The van der Waals surface area contributed by atoms with Crippen LogP contribution < -0.4 is 19.3 Å². The van der Waals surface area contributed by atoms with Crippen molar-refractivity contribution >= 4 is 23.1 Å². The average molecular weight is 449 g/mol. The Morgan fingerprint density at radius 3 is 2.27 bits per heavy atom. The van der Waals surface area contributed by atoms with Gasteiger partial charge >= 0.3 is 0 Å². The Bertz CT molecular complexity index is 1120. The number of methoxy groups -OCH3 is 2. The number of benzene rings is 2. The number of rotatable bonds is 5. The molecule has 1 atom stereocenters. The number of hydrogen-bond donors (Lipinski definition) is 0. The summed E-state index contributed by atoms with van der Waals surface area (Å²) in [6, 6.07) is 13.6. The van der Waals surface area contributed by atoms with Gasteiger partial charge in [0.05, 0.1) is 19.9 Å². The predicted molar refractivity (Wildman–Crippen MR) is 130 cm³/mol. The molecule has 0 fully saturated rings. The minimum atomic E-state index is -0.243. The molecule has 2 aliphatic rings. The number of Topliss-reactive ketones (excluding diaryl/α,β-unsaturated/α-hetero) is 1. The highest BCUT2D eigenvalue weighted by Gasteiger charge is 2.44. The average Bonchev–Trinajstić information content (AvgIpc) is 2.77. The highest BCUT2D eigenvalue weighted by atomic mass is 16.5. The summed E-state index contributed by atoms with van der Waals surface area (Å²) in [5.41, 5.74) is 4.03. The second kappa shape index (κ2) is 8.58. The minimum absolute atomic E-state index is 0.0376. The van der Waals surface area contributed by atoms with Crippen molar-refractivity contribution in [2.75, 3.05) is 38.1 Å². The summed E-state index contributed by atoms with van der Waals surface area (Å²) in [6.45, 7) is 4.16. The van der Waals surface area contributed by atoms with Gasteiger partial charge in [-0.15, -0.1) is 0 Å². The van der Waals surface area contributed by atoms with E-state index < -0.39 is 0 Å². The second-order valence-corrected chi connectivity index (χ2v) is 9.81. The monoisotopic (exact) mass is 448 g/mol. The van der Waals surface area contributed by atoms with Crippen LogP contribution >= 0.6 is 0 Å². The van der Waals surface area contributed by atoms with Gasteiger partial charge in [-0.25, -0.2) is 0 Å². The normalized spacial score (nSPS) is 19.9. The molecule has 0 bridgehead atoms. The third-order valence-electron chi connectivity index (χ3n) is 6.58. The smallest absolute Gasteiger partial charge is 0.232 e. The summed E-state index contributed by atoms with van der Waals surface area (Å²) in [6.07, 6.45) is 1.35. The van der Waals surface area contributed by atoms with Gasteiger partial charge in [0, 0.05) is 55.9 Å². The summed E-state index contributed by atoms with van der Waals surface area (Å²) >= 11 is 0. The molecular formula is C27H32N2O4. The lowest BCUT2D eigenvalue weighted by atomic mass is 9.69. The van der Waals surface area contributed by atoms with Crippen molar-refractivity contribution in [1.29, 1.82) is 0 Å². The Morgan fingerprint density at radius 1 is 0.970 bits per heavy atom. The molecule has 6 nitrogen and oxygen atoms in total. The van der Waals surface area contributed by atoms with Crippen molar-refractivity contribution in [3.05, 3.63) is 59.3 Å². The zero-order valence-corrected chi connectivity index (χ0v) is 20.3. The van der Waals surface area contributed by atoms with Crippen molar-refractivity contribution in [2.24, 2.45) is 5.41 Å². The molecular weight excluding hydrogens is 416 g/mol. The first-order valence-corrected chi connectivity index (χ1v) is 11.2. The third-order valence-corrected chi connectivity index (χ3v) is 6.58. The maximum Gasteiger partial charge on any atom is 0.232 e. The molecule has 6 heteroatoms. The summed E-state index contributed by atoms with van der Waals surface area (Å²) in [5, 5.41) is 0. The molecule has 0 saturated heterocycles. The first kappa shape index (κ1) is 22.9. The van der Waals surface area contributed by atoms with Gasteiger partial charge in [-0.05, 0) is 41.7 Å². The van der Waals surface area contributed by atoms with Crippen molar-refractivity contribution in [2.45, 2.75) is 39.0 Å². The van der Waals surface area contributed by atoms with Crippen LogP contribution in [0.5, 0.6) is 11.5 Å². The Hall–Kier alpha value is -3.28. The van der Waals surface area contributed by atoms with Gasteiger partial charge in [0.2, 0.25) is 5.91 Å². The van der Waals surface area contributed by atoms with E-state index in [4.69, 9.17) is 9.47 Å². The molecule has 2 aromatic carbocycles. The number of ketones is 1. The third kappa shape index (κ3) is 4.22. The summed E-state index contributed by atoms with van der Waals surface area (Å²) in [4.78, 5) is 30.9. The van der Waals surface area contributed by atoms with Gasteiger partial charge in [0.1, 0.15) is 11.5 Å². The predicted octanol–water partition coefficient (Wildman–Crippen LogP) is 4.93. The molecule has 0 N–H and O–H groups in total. The van der Waals surface area contributed by atoms with E-state index in [0.29, 0.717) is 30.0 Å². The molecule has 0 spiro atoms. The maximum absolute atomic E-state index is 13.6. The number of hydrogen-bond acceptors (Lipinski definition) is 5. The highest BCUT2D eigenvalue weighted by molar-refractivity contribution is 6.08. The van der Waals surface area contributed by atoms with Crippen LogP contribution in [0.25, 0.3) is 0 Å². The Kier molecular flexibility index (Phi) is 5.95.